The van der Waals surface area contributed by atoms with Crippen LogP contribution in [-0.4, -0.2) is 15.7 Å². The Morgan fingerprint density at radius 1 is 1.58 bits per heavy atom. The molecule has 1 aliphatic rings. The van der Waals surface area contributed by atoms with Gasteiger partial charge in [-0.3, -0.25) is 4.79 Å². The maximum atomic E-state index is 11.0. The Kier molecular flexibility index (Phi) is 2.92. The van der Waals surface area contributed by atoms with Gasteiger partial charge >= 0.3 is 0 Å². The average molecular weight is 229 g/mol. The summed E-state index contributed by atoms with van der Waals surface area (Å²) in [6.45, 7) is 1.65. The van der Waals surface area contributed by atoms with Crippen molar-refractivity contribution in [1.82, 2.24) is 0 Å². The molecule has 0 aromatic carbocycles. The third kappa shape index (κ3) is 2.54. The zero-order valence-electron chi connectivity index (χ0n) is 6.31. The van der Waals surface area contributed by atoms with E-state index in [9.17, 15) is 4.79 Å². The normalized spacial score (nSPS) is 24.8. The number of allylic oxidation sites excluding steroid dienone is 2. The Morgan fingerprint density at radius 3 is 2.58 bits per heavy atom. The zero-order valence-corrected chi connectivity index (χ0v) is 8.58. The van der Waals surface area contributed by atoms with Gasteiger partial charge in [0.15, 0.2) is 11.9 Å². The molecule has 0 spiro atoms. The predicted octanol–water partition coefficient (Wildman–Crippen LogP) is 2.62. The van der Waals surface area contributed by atoms with E-state index in [4.69, 9.17) is 39.5 Å². The van der Waals surface area contributed by atoms with Gasteiger partial charge in [0.05, 0.1) is 12.2 Å². The van der Waals surface area contributed by atoms with Crippen LogP contribution in [0, 0.1) is 0 Å². The molecule has 0 bridgehead atoms. The summed E-state index contributed by atoms with van der Waals surface area (Å²) in [5.74, 6) is 0.414. The molecular weight excluding hydrogens is 222 g/mol. The lowest BCUT2D eigenvalue weighted by molar-refractivity contribution is -0.118. The SMILES string of the molecule is CC1=CC(=O)C[C@@H](C(Cl)(Cl)Cl)O1. The number of alkyl halides is 3. The highest BCUT2D eigenvalue weighted by molar-refractivity contribution is 6.68. The first-order valence-corrected chi connectivity index (χ1v) is 4.47. The van der Waals surface area contributed by atoms with Crippen molar-refractivity contribution in [1.29, 1.82) is 0 Å². The van der Waals surface area contributed by atoms with Gasteiger partial charge in [-0.05, 0) is 6.92 Å². The summed E-state index contributed by atoms with van der Waals surface area (Å²) < 4.78 is 3.63. The van der Waals surface area contributed by atoms with E-state index in [1.165, 1.54) is 6.08 Å². The Hall–Kier alpha value is 0.0800. The second-order valence-electron chi connectivity index (χ2n) is 2.57. The minimum Gasteiger partial charge on any atom is -0.490 e. The van der Waals surface area contributed by atoms with Gasteiger partial charge in [-0.15, -0.1) is 0 Å². The van der Waals surface area contributed by atoms with Crippen LogP contribution < -0.4 is 0 Å². The molecule has 0 aromatic heterocycles. The maximum absolute atomic E-state index is 11.0. The average Bonchev–Trinajstić information content (AvgIpc) is 1.82. The number of hydrogen-bond acceptors (Lipinski definition) is 2. The smallest absolute Gasteiger partial charge is 0.227 e. The molecule has 0 aromatic rings. The summed E-state index contributed by atoms with van der Waals surface area (Å²) in [6.07, 6.45) is 0.848. The maximum Gasteiger partial charge on any atom is 0.227 e. The molecule has 1 aliphatic heterocycles. The zero-order chi connectivity index (χ0) is 9.35. The van der Waals surface area contributed by atoms with Crippen LogP contribution in [0.5, 0.6) is 0 Å². The minimum absolute atomic E-state index is 0.0740. The van der Waals surface area contributed by atoms with Crippen LogP contribution in [0.15, 0.2) is 11.8 Å². The van der Waals surface area contributed by atoms with Crippen LogP contribution >= 0.6 is 34.8 Å². The quantitative estimate of drug-likeness (QED) is 0.597. The van der Waals surface area contributed by atoms with Crippen molar-refractivity contribution < 1.29 is 9.53 Å². The van der Waals surface area contributed by atoms with Gasteiger partial charge in [0.1, 0.15) is 0 Å². The molecule has 0 saturated carbocycles. The van der Waals surface area contributed by atoms with Gasteiger partial charge in [-0.25, -0.2) is 0 Å². The number of ether oxygens (including phenoxy) is 1. The Morgan fingerprint density at radius 2 is 2.17 bits per heavy atom. The van der Waals surface area contributed by atoms with Crippen LogP contribution in [0.25, 0.3) is 0 Å². The second-order valence-corrected chi connectivity index (χ2v) is 4.94. The first-order valence-electron chi connectivity index (χ1n) is 3.34. The third-order valence-corrected chi connectivity index (χ3v) is 2.17. The second kappa shape index (κ2) is 3.44. The van der Waals surface area contributed by atoms with E-state index in [1.807, 2.05) is 0 Å². The summed E-state index contributed by atoms with van der Waals surface area (Å²) >= 11 is 16.7. The van der Waals surface area contributed by atoms with Crippen LogP contribution in [-0.2, 0) is 9.53 Å². The fourth-order valence-electron chi connectivity index (χ4n) is 0.951. The van der Waals surface area contributed by atoms with Crippen LogP contribution in [0.3, 0.4) is 0 Å². The Balaban J connectivity index is 2.74. The van der Waals surface area contributed by atoms with Gasteiger partial charge in [-0.1, -0.05) is 34.8 Å². The molecule has 2 nitrogen and oxygen atoms in total. The van der Waals surface area contributed by atoms with Crippen LogP contribution in [0.2, 0.25) is 0 Å². The molecule has 0 radical (unpaired) electrons. The number of hydrogen-bond donors (Lipinski definition) is 0. The van der Waals surface area contributed by atoms with Crippen molar-refractivity contribution in [3.63, 3.8) is 0 Å². The highest BCUT2D eigenvalue weighted by Gasteiger charge is 2.37. The molecule has 0 aliphatic carbocycles. The standard InChI is InChI=1S/C7H7Cl3O2/c1-4-2-5(11)3-6(12-4)7(8,9)10/h2,6H,3H2,1H3/t6-/m0/s1. The highest BCUT2D eigenvalue weighted by Crippen LogP contribution is 2.36. The molecule has 0 saturated heterocycles. The summed E-state index contributed by atoms with van der Waals surface area (Å²) in [6, 6.07) is 0. The number of rotatable bonds is 0. The number of ketones is 1. The largest absolute Gasteiger partial charge is 0.490 e. The van der Waals surface area contributed by atoms with Crippen molar-refractivity contribution in [2.75, 3.05) is 0 Å². The Labute approximate surface area is 85.4 Å². The van der Waals surface area contributed by atoms with E-state index in [1.54, 1.807) is 6.92 Å². The molecule has 0 N–H and O–H groups in total. The first-order chi connectivity index (χ1) is 5.39. The first kappa shape index (κ1) is 10.2. The van der Waals surface area contributed by atoms with Crippen molar-refractivity contribution in [2.45, 2.75) is 23.2 Å². The summed E-state index contributed by atoms with van der Waals surface area (Å²) in [4.78, 5) is 11.0. The molecule has 0 fully saturated rings. The van der Waals surface area contributed by atoms with Crippen molar-refractivity contribution in [2.24, 2.45) is 0 Å². The minimum atomic E-state index is -1.54. The molecule has 0 amide bonds. The molecule has 0 unspecified atom stereocenters. The highest BCUT2D eigenvalue weighted by atomic mass is 35.6. The summed E-state index contributed by atoms with van der Waals surface area (Å²) in [7, 11) is 0. The van der Waals surface area contributed by atoms with Crippen LogP contribution in [0.1, 0.15) is 13.3 Å². The number of carbonyl (C=O) groups is 1. The molecule has 1 rings (SSSR count). The molecule has 5 heteroatoms. The van der Waals surface area contributed by atoms with E-state index in [0.717, 1.165) is 0 Å². The fraction of sp³-hybridized carbons (Fsp3) is 0.571. The molecule has 12 heavy (non-hydrogen) atoms. The molecular formula is C7H7Cl3O2. The third-order valence-electron chi connectivity index (χ3n) is 1.44. The summed E-state index contributed by atoms with van der Waals surface area (Å²) in [5, 5.41) is 0. The number of carbonyl (C=O) groups excluding carboxylic acids is 1. The van der Waals surface area contributed by atoms with Crippen molar-refractivity contribution in [3.8, 4) is 0 Å². The predicted molar refractivity (Wildman–Crippen MR) is 48.5 cm³/mol. The van der Waals surface area contributed by atoms with E-state index >= 15 is 0 Å². The molecule has 1 heterocycles. The van der Waals surface area contributed by atoms with Gasteiger partial charge in [0.25, 0.3) is 0 Å². The van der Waals surface area contributed by atoms with E-state index in [0.29, 0.717) is 5.76 Å². The summed E-state index contributed by atoms with van der Waals surface area (Å²) in [5.41, 5.74) is 0. The fourth-order valence-corrected chi connectivity index (χ4v) is 1.32. The molecule has 68 valence electrons. The van der Waals surface area contributed by atoms with Crippen LogP contribution in [0.4, 0.5) is 0 Å². The van der Waals surface area contributed by atoms with E-state index in [-0.39, 0.29) is 12.2 Å². The van der Waals surface area contributed by atoms with Gasteiger partial charge in [0.2, 0.25) is 3.79 Å². The number of halogens is 3. The van der Waals surface area contributed by atoms with Gasteiger partial charge in [-0.2, -0.15) is 0 Å². The van der Waals surface area contributed by atoms with Gasteiger partial charge < -0.3 is 4.74 Å². The monoisotopic (exact) mass is 228 g/mol. The lowest BCUT2D eigenvalue weighted by Gasteiger charge is -2.27. The molecule has 1 atom stereocenters. The van der Waals surface area contributed by atoms with Gasteiger partial charge in [0, 0.05) is 6.08 Å². The van der Waals surface area contributed by atoms with E-state index < -0.39 is 9.90 Å². The topological polar surface area (TPSA) is 26.3 Å². The van der Waals surface area contributed by atoms with E-state index in [2.05, 4.69) is 0 Å². The lowest BCUT2D eigenvalue weighted by Crippen LogP contribution is -2.33. The Bertz CT molecular complexity index is 229. The van der Waals surface area contributed by atoms with Crippen molar-refractivity contribution >= 4 is 40.6 Å². The lowest BCUT2D eigenvalue weighted by atomic mass is 10.1. The van der Waals surface area contributed by atoms with Crippen molar-refractivity contribution in [3.05, 3.63) is 11.8 Å².